The summed E-state index contributed by atoms with van der Waals surface area (Å²) in [6.45, 7) is 3.71. The number of aromatic nitrogens is 2. The van der Waals surface area contributed by atoms with E-state index in [-0.39, 0.29) is 29.3 Å². The predicted molar refractivity (Wildman–Crippen MR) is 102 cm³/mol. The predicted octanol–water partition coefficient (Wildman–Crippen LogP) is 2.29. The van der Waals surface area contributed by atoms with Crippen molar-refractivity contribution in [3.63, 3.8) is 0 Å². The summed E-state index contributed by atoms with van der Waals surface area (Å²) in [5.74, 6) is -0.418. The van der Waals surface area contributed by atoms with Gasteiger partial charge in [0.15, 0.2) is 9.84 Å². The van der Waals surface area contributed by atoms with Gasteiger partial charge in [0.2, 0.25) is 5.91 Å². The van der Waals surface area contributed by atoms with Gasteiger partial charge in [0.25, 0.3) is 0 Å². The van der Waals surface area contributed by atoms with Gasteiger partial charge in [-0.2, -0.15) is 5.10 Å². The van der Waals surface area contributed by atoms with E-state index >= 15 is 0 Å². The smallest absolute Gasteiger partial charge is 0.246 e. The molecule has 0 spiro atoms. The number of sulfone groups is 1. The number of aryl methyl sites for hydroxylation is 1. The average Bonchev–Trinajstić information content (AvgIpc) is 3.12. The molecule has 1 fully saturated rings. The standard InChI is InChI=1S/C19H22FN3O3S/c1-13-18(14(2)23(21-13)16-6-4-15(20)5-7-16)8-9-19(24)22(3)17-10-11-27(25,26)12-17/h4-9,17H,10-12H2,1-3H3/b9-8+. The summed E-state index contributed by atoms with van der Waals surface area (Å²) >= 11 is 0. The van der Waals surface area contributed by atoms with Crippen molar-refractivity contribution in [3.8, 4) is 5.69 Å². The summed E-state index contributed by atoms with van der Waals surface area (Å²) in [4.78, 5) is 13.9. The maximum atomic E-state index is 13.1. The number of carbonyl (C=O) groups is 1. The SMILES string of the molecule is Cc1nn(-c2ccc(F)cc2)c(C)c1/C=C/C(=O)N(C)C1CCS(=O)(=O)C1. The quantitative estimate of drug-likeness (QED) is 0.750. The Kier molecular flexibility index (Phi) is 5.19. The minimum Gasteiger partial charge on any atom is -0.338 e. The second-order valence-electron chi connectivity index (χ2n) is 6.81. The van der Waals surface area contributed by atoms with Crippen LogP contribution < -0.4 is 0 Å². The lowest BCUT2D eigenvalue weighted by molar-refractivity contribution is -0.126. The zero-order valence-electron chi connectivity index (χ0n) is 15.5. The van der Waals surface area contributed by atoms with Crippen LogP contribution in [0.2, 0.25) is 0 Å². The van der Waals surface area contributed by atoms with E-state index in [1.54, 1.807) is 29.9 Å². The highest BCUT2D eigenvalue weighted by Crippen LogP contribution is 2.21. The number of benzene rings is 1. The monoisotopic (exact) mass is 391 g/mol. The van der Waals surface area contributed by atoms with Crippen LogP contribution in [0.15, 0.2) is 30.3 Å². The molecule has 1 amide bonds. The Morgan fingerprint density at radius 3 is 2.56 bits per heavy atom. The third-order valence-electron chi connectivity index (χ3n) is 4.91. The highest BCUT2D eigenvalue weighted by atomic mass is 32.2. The zero-order valence-corrected chi connectivity index (χ0v) is 16.3. The van der Waals surface area contributed by atoms with Crippen LogP contribution in [-0.2, 0) is 14.6 Å². The van der Waals surface area contributed by atoms with Crippen LogP contribution in [0.25, 0.3) is 11.8 Å². The highest BCUT2D eigenvalue weighted by molar-refractivity contribution is 7.91. The van der Waals surface area contributed by atoms with E-state index in [0.717, 1.165) is 22.6 Å². The van der Waals surface area contributed by atoms with Gasteiger partial charge in [-0.3, -0.25) is 4.79 Å². The maximum Gasteiger partial charge on any atom is 0.246 e. The lowest BCUT2D eigenvalue weighted by Crippen LogP contribution is -2.36. The number of likely N-dealkylation sites (N-methyl/N-ethyl adjacent to an activating group) is 1. The Morgan fingerprint density at radius 1 is 1.30 bits per heavy atom. The highest BCUT2D eigenvalue weighted by Gasteiger charge is 2.32. The molecule has 0 radical (unpaired) electrons. The summed E-state index contributed by atoms with van der Waals surface area (Å²) in [7, 11) is -1.42. The molecule has 1 aromatic carbocycles. The fourth-order valence-corrected chi connectivity index (χ4v) is 5.04. The first kappa shape index (κ1) is 19.3. The van der Waals surface area contributed by atoms with Crippen molar-refractivity contribution in [3.05, 3.63) is 53.1 Å². The first-order valence-electron chi connectivity index (χ1n) is 8.65. The van der Waals surface area contributed by atoms with Crippen molar-refractivity contribution < 1.29 is 17.6 Å². The Balaban J connectivity index is 1.79. The van der Waals surface area contributed by atoms with Gasteiger partial charge in [-0.15, -0.1) is 0 Å². The van der Waals surface area contributed by atoms with Crippen LogP contribution in [0.5, 0.6) is 0 Å². The summed E-state index contributed by atoms with van der Waals surface area (Å²) < 4.78 is 38.0. The van der Waals surface area contributed by atoms with Gasteiger partial charge >= 0.3 is 0 Å². The number of rotatable bonds is 4. The van der Waals surface area contributed by atoms with Crippen molar-refractivity contribution in [2.45, 2.75) is 26.3 Å². The molecule has 0 N–H and O–H groups in total. The molecule has 1 saturated heterocycles. The van der Waals surface area contributed by atoms with Crippen molar-refractivity contribution >= 4 is 21.8 Å². The largest absolute Gasteiger partial charge is 0.338 e. The van der Waals surface area contributed by atoms with Crippen molar-refractivity contribution in [1.29, 1.82) is 0 Å². The first-order valence-corrected chi connectivity index (χ1v) is 10.5. The molecular formula is C19H22FN3O3S. The molecule has 1 aliphatic rings. The number of hydrogen-bond donors (Lipinski definition) is 0. The molecule has 2 aromatic rings. The van der Waals surface area contributed by atoms with E-state index in [1.165, 1.54) is 23.1 Å². The van der Waals surface area contributed by atoms with E-state index in [9.17, 15) is 17.6 Å². The van der Waals surface area contributed by atoms with Gasteiger partial charge in [-0.25, -0.2) is 17.5 Å². The number of amides is 1. The van der Waals surface area contributed by atoms with E-state index < -0.39 is 9.84 Å². The average molecular weight is 391 g/mol. The Labute approximate surface area is 158 Å². The molecule has 1 unspecified atom stereocenters. The number of carbonyl (C=O) groups excluding carboxylic acids is 1. The molecule has 144 valence electrons. The number of nitrogens with zero attached hydrogens (tertiary/aromatic N) is 3. The Bertz CT molecular complexity index is 994. The summed E-state index contributed by atoms with van der Waals surface area (Å²) in [6.07, 6.45) is 3.61. The summed E-state index contributed by atoms with van der Waals surface area (Å²) in [5, 5.41) is 4.47. The molecule has 0 aliphatic carbocycles. The minimum absolute atomic E-state index is 0.0175. The van der Waals surface area contributed by atoms with Gasteiger partial charge < -0.3 is 4.90 Å². The molecule has 8 heteroatoms. The van der Waals surface area contributed by atoms with Crippen LogP contribution in [0.1, 0.15) is 23.4 Å². The molecule has 0 bridgehead atoms. The van der Waals surface area contributed by atoms with Crippen LogP contribution in [0, 0.1) is 19.7 Å². The van der Waals surface area contributed by atoms with Crippen molar-refractivity contribution in [2.24, 2.45) is 0 Å². The van der Waals surface area contributed by atoms with Gasteiger partial charge in [-0.05, 0) is 50.6 Å². The van der Waals surface area contributed by atoms with Gasteiger partial charge in [0, 0.05) is 30.4 Å². The van der Waals surface area contributed by atoms with Gasteiger partial charge in [0.05, 0.1) is 22.9 Å². The number of hydrogen-bond acceptors (Lipinski definition) is 4. The fourth-order valence-electron chi connectivity index (χ4n) is 3.26. The summed E-state index contributed by atoms with van der Waals surface area (Å²) in [6, 6.07) is 5.74. The molecule has 2 heterocycles. The summed E-state index contributed by atoms with van der Waals surface area (Å²) in [5.41, 5.74) is 3.11. The van der Waals surface area contributed by atoms with E-state index in [0.29, 0.717) is 6.42 Å². The van der Waals surface area contributed by atoms with E-state index in [4.69, 9.17) is 0 Å². The molecule has 0 saturated carbocycles. The normalized spacial score (nSPS) is 18.9. The third-order valence-corrected chi connectivity index (χ3v) is 6.67. The second-order valence-corrected chi connectivity index (χ2v) is 9.04. The van der Waals surface area contributed by atoms with Crippen molar-refractivity contribution in [2.75, 3.05) is 18.6 Å². The molecule has 1 atom stereocenters. The van der Waals surface area contributed by atoms with Crippen molar-refractivity contribution in [1.82, 2.24) is 14.7 Å². The van der Waals surface area contributed by atoms with Crippen LogP contribution in [0.4, 0.5) is 4.39 Å². The number of halogens is 1. The van der Waals surface area contributed by atoms with Crippen LogP contribution in [0.3, 0.4) is 0 Å². The van der Waals surface area contributed by atoms with Gasteiger partial charge in [-0.1, -0.05) is 0 Å². The maximum absolute atomic E-state index is 13.1. The Hall–Kier alpha value is -2.48. The zero-order chi connectivity index (χ0) is 19.8. The first-order chi connectivity index (χ1) is 12.7. The molecule has 1 aromatic heterocycles. The topological polar surface area (TPSA) is 72.3 Å². The lowest BCUT2D eigenvalue weighted by Gasteiger charge is -2.21. The molecule has 27 heavy (non-hydrogen) atoms. The molecular weight excluding hydrogens is 369 g/mol. The van der Waals surface area contributed by atoms with E-state index in [2.05, 4.69) is 5.10 Å². The van der Waals surface area contributed by atoms with Gasteiger partial charge in [0.1, 0.15) is 5.82 Å². The second kappa shape index (κ2) is 7.26. The third kappa shape index (κ3) is 4.10. The minimum atomic E-state index is -3.04. The van der Waals surface area contributed by atoms with Crippen LogP contribution in [-0.4, -0.2) is 53.6 Å². The van der Waals surface area contributed by atoms with Crippen LogP contribution >= 0.6 is 0 Å². The Morgan fingerprint density at radius 2 is 1.96 bits per heavy atom. The molecule has 3 rings (SSSR count). The molecule has 6 nitrogen and oxygen atoms in total. The fraction of sp³-hybridized carbons (Fsp3) is 0.368. The van der Waals surface area contributed by atoms with E-state index in [1.807, 2.05) is 13.8 Å². The lowest BCUT2D eigenvalue weighted by atomic mass is 10.1. The molecule has 1 aliphatic heterocycles.